The molecule has 0 bridgehead atoms. The minimum Gasteiger partial charge on any atom is -0.456 e. The molecule has 0 fully saturated rings. The van der Waals surface area contributed by atoms with Gasteiger partial charge in [-0.3, -0.25) is 24.5 Å². The van der Waals surface area contributed by atoms with Crippen LogP contribution in [0, 0.1) is 10.1 Å². The van der Waals surface area contributed by atoms with E-state index < -0.39 is 29.3 Å². The highest BCUT2D eigenvalue weighted by molar-refractivity contribution is 5.94. The van der Waals surface area contributed by atoms with Crippen LogP contribution >= 0.6 is 0 Å². The Bertz CT molecular complexity index is 868. The second-order valence-corrected chi connectivity index (χ2v) is 6.17. The highest BCUT2D eigenvalue weighted by atomic mass is 16.6. The van der Waals surface area contributed by atoms with E-state index in [-0.39, 0.29) is 30.3 Å². The van der Waals surface area contributed by atoms with Crippen molar-refractivity contribution in [3.05, 3.63) is 75.8 Å². The number of nitro groups is 1. The first-order valence-corrected chi connectivity index (χ1v) is 8.89. The van der Waals surface area contributed by atoms with E-state index in [0.29, 0.717) is 0 Å². The summed E-state index contributed by atoms with van der Waals surface area (Å²) in [5.74, 6) is -1.52. The zero-order valence-electron chi connectivity index (χ0n) is 15.8. The number of nitrogens with one attached hydrogen (secondary N) is 2. The number of hydrogen-bond acceptors (Lipinski definition) is 6. The Hall–Kier alpha value is -3.75. The number of benzene rings is 2. The monoisotopic (exact) mass is 399 g/mol. The molecule has 0 radical (unpaired) electrons. The molecule has 2 aromatic carbocycles. The molecule has 0 aromatic heterocycles. The summed E-state index contributed by atoms with van der Waals surface area (Å²) in [6, 6.07) is 14.2. The highest BCUT2D eigenvalue weighted by Gasteiger charge is 2.13. The van der Waals surface area contributed by atoms with E-state index in [4.69, 9.17) is 4.74 Å². The van der Waals surface area contributed by atoms with Gasteiger partial charge in [-0.2, -0.15) is 0 Å². The van der Waals surface area contributed by atoms with Crippen LogP contribution in [-0.2, 0) is 14.3 Å². The van der Waals surface area contributed by atoms with Gasteiger partial charge in [0.2, 0.25) is 0 Å². The van der Waals surface area contributed by atoms with Crippen LogP contribution < -0.4 is 10.6 Å². The maximum Gasteiger partial charge on any atom is 0.308 e. The van der Waals surface area contributed by atoms with Gasteiger partial charge >= 0.3 is 5.97 Å². The second-order valence-electron chi connectivity index (χ2n) is 6.17. The number of amides is 2. The molecule has 29 heavy (non-hydrogen) atoms. The molecule has 0 aliphatic carbocycles. The zero-order valence-corrected chi connectivity index (χ0v) is 15.8. The Morgan fingerprint density at radius 2 is 1.72 bits per heavy atom. The van der Waals surface area contributed by atoms with Gasteiger partial charge < -0.3 is 15.4 Å². The van der Waals surface area contributed by atoms with Crippen molar-refractivity contribution < 1.29 is 24.0 Å². The van der Waals surface area contributed by atoms with Gasteiger partial charge in [0.25, 0.3) is 17.5 Å². The number of esters is 1. The first-order valence-electron chi connectivity index (χ1n) is 8.89. The molecule has 0 saturated heterocycles. The summed E-state index contributed by atoms with van der Waals surface area (Å²) < 4.78 is 4.89. The van der Waals surface area contributed by atoms with E-state index in [0.717, 1.165) is 5.56 Å². The van der Waals surface area contributed by atoms with Crippen LogP contribution in [0.4, 0.5) is 5.69 Å². The van der Waals surface area contributed by atoms with Crippen LogP contribution in [0.5, 0.6) is 0 Å². The number of carbonyl (C=O) groups excluding carboxylic acids is 3. The largest absolute Gasteiger partial charge is 0.456 e. The lowest BCUT2D eigenvalue weighted by molar-refractivity contribution is -0.384. The van der Waals surface area contributed by atoms with Crippen molar-refractivity contribution in [1.82, 2.24) is 10.6 Å². The zero-order chi connectivity index (χ0) is 21.2. The third-order valence-corrected chi connectivity index (χ3v) is 4.00. The van der Waals surface area contributed by atoms with Crippen molar-refractivity contribution in [3.8, 4) is 0 Å². The van der Waals surface area contributed by atoms with Gasteiger partial charge in [0, 0.05) is 24.2 Å². The minimum atomic E-state index is -0.628. The summed E-state index contributed by atoms with van der Waals surface area (Å²) in [7, 11) is 0. The highest BCUT2D eigenvalue weighted by Crippen LogP contribution is 2.12. The number of hydrogen-bond donors (Lipinski definition) is 2. The fourth-order valence-corrected chi connectivity index (χ4v) is 2.44. The molecule has 152 valence electrons. The van der Waals surface area contributed by atoms with E-state index in [9.17, 15) is 24.5 Å². The minimum absolute atomic E-state index is 0.0106. The molecule has 2 rings (SSSR count). The fraction of sp³-hybridized carbons (Fsp3) is 0.250. The van der Waals surface area contributed by atoms with Crippen LogP contribution in [-0.4, -0.2) is 35.9 Å². The number of carbonyl (C=O) groups is 3. The van der Waals surface area contributed by atoms with E-state index in [1.165, 1.54) is 24.3 Å². The Balaban J connectivity index is 1.67. The molecule has 1 atom stereocenters. The Labute approximate surface area is 167 Å². The topological polar surface area (TPSA) is 128 Å². The molecular formula is C20H21N3O6. The number of nitro benzene ring substituents is 1. The predicted molar refractivity (Wildman–Crippen MR) is 104 cm³/mol. The number of nitrogens with zero attached hydrogens (tertiary/aromatic N) is 1. The average Bonchev–Trinajstić information content (AvgIpc) is 2.72. The first kappa shape index (κ1) is 21.5. The summed E-state index contributed by atoms with van der Waals surface area (Å²) in [6.45, 7) is 1.42. The molecule has 0 saturated carbocycles. The molecule has 2 N–H and O–H groups in total. The van der Waals surface area contributed by atoms with Crippen LogP contribution in [0.25, 0.3) is 0 Å². The van der Waals surface area contributed by atoms with Crippen molar-refractivity contribution in [2.24, 2.45) is 0 Å². The third kappa shape index (κ3) is 7.06. The lowest BCUT2D eigenvalue weighted by Crippen LogP contribution is -2.32. The fourth-order valence-electron chi connectivity index (χ4n) is 2.44. The van der Waals surface area contributed by atoms with E-state index in [1.807, 2.05) is 37.3 Å². The van der Waals surface area contributed by atoms with E-state index >= 15 is 0 Å². The molecule has 0 spiro atoms. The number of non-ortho nitro benzene ring substituents is 1. The molecule has 0 heterocycles. The van der Waals surface area contributed by atoms with Gasteiger partial charge in [-0.05, 0) is 24.6 Å². The summed E-state index contributed by atoms with van der Waals surface area (Å²) in [5.41, 5.74) is 1.05. The summed E-state index contributed by atoms with van der Waals surface area (Å²) in [6.07, 6.45) is -0.111. The third-order valence-electron chi connectivity index (χ3n) is 4.00. The molecule has 2 amide bonds. The average molecular weight is 399 g/mol. The maximum atomic E-state index is 11.9. The molecule has 0 unspecified atom stereocenters. The summed E-state index contributed by atoms with van der Waals surface area (Å²) in [4.78, 5) is 45.5. The lowest BCUT2D eigenvalue weighted by Gasteiger charge is -2.14. The smallest absolute Gasteiger partial charge is 0.308 e. The summed E-state index contributed by atoms with van der Waals surface area (Å²) >= 11 is 0. The summed E-state index contributed by atoms with van der Waals surface area (Å²) in [5, 5.41) is 15.8. The second kappa shape index (κ2) is 10.5. The van der Waals surface area contributed by atoms with Gasteiger partial charge in [-0.25, -0.2) is 0 Å². The van der Waals surface area contributed by atoms with Gasteiger partial charge in [-0.15, -0.1) is 0 Å². The van der Waals surface area contributed by atoms with Crippen molar-refractivity contribution in [2.75, 3.05) is 13.2 Å². The first-order chi connectivity index (χ1) is 13.9. The lowest BCUT2D eigenvalue weighted by atomic mass is 10.1. The normalized spacial score (nSPS) is 11.2. The molecular weight excluding hydrogens is 378 g/mol. The van der Waals surface area contributed by atoms with Crippen molar-refractivity contribution in [3.63, 3.8) is 0 Å². The molecule has 9 nitrogen and oxygen atoms in total. The molecule has 0 aliphatic rings. The number of ether oxygens (including phenoxy) is 1. The number of rotatable bonds is 9. The Morgan fingerprint density at radius 3 is 2.34 bits per heavy atom. The van der Waals surface area contributed by atoms with Gasteiger partial charge in [0.1, 0.15) is 0 Å². The van der Waals surface area contributed by atoms with E-state index in [1.54, 1.807) is 0 Å². The Kier molecular flexibility index (Phi) is 7.84. The van der Waals surface area contributed by atoms with Crippen LogP contribution in [0.3, 0.4) is 0 Å². The Morgan fingerprint density at radius 1 is 1.07 bits per heavy atom. The quantitative estimate of drug-likeness (QED) is 0.378. The standard InChI is InChI=1S/C20H21N3O6/c1-14(15-5-3-2-4-6-15)22-18(24)13-29-19(25)11-12-21-20(26)16-7-9-17(10-8-16)23(27)28/h2-10,14H,11-13H2,1H3,(H,21,26)(H,22,24)/t14-/m0/s1. The van der Waals surface area contributed by atoms with Gasteiger partial charge in [-0.1, -0.05) is 30.3 Å². The molecule has 2 aromatic rings. The van der Waals surface area contributed by atoms with Crippen LogP contribution in [0.1, 0.15) is 35.3 Å². The van der Waals surface area contributed by atoms with E-state index in [2.05, 4.69) is 10.6 Å². The van der Waals surface area contributed by atoms with Crippen LogP contribution in [0.15, 0.2) is 54.6 Å². The molecule has 9 heteroatoms. The van der Waals surface area contributed by atoms with Gasteiger partial charge in [0.15, 0.2) is 6.61 Å². The van der Waals surface area contributed by atoms with Crippen molar-refractivity contribution in [1.29, 1.82) is 0 Å². The maximum absolute atomic E-state index is 11.9. The van der Waals surface area contributed by atoms with Crippen LogP contribution in [0.2, 0.25) is 0 Å². The van der Waals surface area contributed by atoms with Crippen molar-refractivity contribution in [2.45, 2.75) is 19.4 Å². The molecule has 0 aliphatic heterocycles. The van der Waals surface area contributed by atoms with Gasteiger partial charge in [0.05, 0.1) is 17.4 Å². The van der Waals surface area contributed by atoms with Crippen molar-refractivity contribution >= 4 is 23.5 Å². The SMILES string of the molecule is C[C@H](NC(=O)COC(=O)CCNC(=O)c1ccc([N+](=O)[O-])cc1)c1ccccc1. The predicted octanol–water partition coefficient (Wildman–Crippen LogP) is 2.14.